The van der Waals surface area contributed by atoms with Gasteiger partial charge in [-0.15, -0.1) is 10.2 Å². The van der Waals surface area contributed by atoms with Crippen LogP contribution in [0.25, 0.3) is 0 Å². The Kier molecular flexibility index (Phi) is 5.20. The highest BCUT2D eigenvalue weighted by molar-refractivity contribution is 7.15. The van der Waals surface area contributed by atoms with Crippen LogP contribution in [0, 0.1) is 5.82 Å². The zero-order valence-electron chi connectivity index (χ0n) is 14.5. The normalized spacial score (nSPS) is 10.9. The standard InChI is InChI=1S/C20H18FN5S/c21-18-7-5-15(6-8-18)11-19-24-25-20(27-19)23-12-16-1-3-17(4-2-16)13-26-10-9-22-14-26/h1-10,14H,11-13H2,(H,23,25). The van der Waals surface area contributed by atoms with Crippen molar-refractivity contribution < 1.29 is 4.39 Å². The van der Waals surface area contributed by atoms with Crippen LogP contribution in [0.15, 0.2) is 67.3 Å². The molecule has 0 radical (unpaired) electrons. The van der Waals surface area contributed by atoms with E-state index in [4.69, 9.17) is 0 Å². The van der Waals surface area contributed by atoms with Crippen LogP contribution in [-0.4, -0.2) is 19.7 Å². The third-order valence-electron chi connectivity index (χ3n) is 4.13. The van der Waals surface area contributed by atoms with E-state index in [1.54, 1.807) is 18.3 Å². The first-order valence-corrected chi connectivity index (χ1v) is 9.40. The number of halogens is 1. The molecule has 0 saturated heterocycles. The number of hydrogen-bond acceptors (Lipinski definition) is 5. The lowest BCUT2D eigenvalue weighted by Gasteiger charge is -2.05. The van der Waals surface area contributed by atoms with Crippen molar-refractivity contribution in [3.8, 4) is 0 Å². The van der Waals surface area contributed by atoms with Crippen molar-refractivity contribution in [3.05, 3.63) is 94.8 Å². The predicted octanol–water partition coefficient (Wildman–Crippen LogP) is 4.12. The molecule has 4 rings (SSSR count). The largest absolute Gasteiger partial charge is 0.356 e. The van der Waals surface area contributed by atoms with E-state index in [1.165, 1.54) is 34.6 Å². The van der Waals surface area contributed by atoms with E-state index < -0.39 is 0 Å². The molecule has 0 spiro atoms. The van der Waals surface area contributed by atoms with Crippen LogP contribution >= 0.6 is 11.3 Å². The minimum atomic E-state index is -0.227. The Hall–Kier alpha value is -3.06. The second-order valence-corrected chi connectivity index (χ2v) is 7.27. The van der Waals surface area contributed by atoms with Gasteiger partial charge in [0.1, 0.15) is 10.8 Å². The molecule has 2 aromatic carbocycles. The van der Waals surface area contributed by atoms with E-state index in [2.05, 4.69) is 44.8 Å². The molecule has 2 heterocycles. The number of nitrogens with zero attached hydrogens (tertiary/aromatic N) is 4. The highest BCUT2D eigenvalue weighted by Gasteiger charge is 2.06. The van der Waals surface area contributed by atoms with Gasteiger partial charge in [0.25, 0.3) is 0 Å². The summed E-state index contributed by atoms with van der Waals surface area (Å²) in [5.41, 5.74) is 3.43. The van der Waals surface area contributed by atoms with Gasteiger partial charge < -0.3 is 9.88 Å². The third kappa shape index (κ3) is 4.77. The maximum Gasteiger partial charge on any atom is 0.205 e. The van der Waals surface area contributed by atoms with Gasteiger partial charge >= 0.3 is 0 Å². The molecule has 0 aliphatic carbocycles. The molecule has 0 amide bonds. The molecule has 27 heavy (non-hydrogen) atoms. The Labute approximate surface area is 160 Å². The van der Waals surface area contributed by atoms with E-state index in [0.29, 0.717) is 13.0 Å². The molecule has 4 aromatic rings. The number of benzene rings is 2. The van der Waals surface area contributed by atoms with Crippen LogP contribution in [-0.2, 0) is 19.5 Å². The lowest BCUT2D eigenvalue weighted by molar-refractivity contribution is 0.627. The molecule has 0 unspecified atom stereocenters. The van der Waals surface area contributed by atoms with Gasteiger partial charge in [0.05, 0.1) is 6.33 Å². The van der Waals surface area contributed by atoms with Gasteiger partial charge in [-0.05, 0) is 28.8 Å². The fraction of sp³-hybridized carbons (Fsp3) is 0.150. The molecule has 5 nitrogen and oxygen atoms in total. The molecule has 7 heteroatoms. The summed E-state index contributed by atoms with van der Waals surface area (Å²) < 4.78 is 15.0. The number of imidazole rings is 1. The Bertz CT molecular complexity index is 978. The maximum absolute atomic E-state index is 13.0. The van der Waals surface area contributed by atoms with Crippen molar-refractivity contribution in [3.63, 3.8) is 0 Å². The zero-order valence-corrected chi connectivity index (χ0v) is 15.4. The fourth-order valence-corrected chi connectivity index (χ4v) is 3.47. The van der Waals surface area contributed by atoms with E-state index >= 15 is 0 Å². The summed E-state index contributed by atoms with van der Waals surface area (Å²) in [6, 6.07) is 14.9. The highest BCUT2D eigenvalue weighted by Crippen LogP contribution is 2.19. The van der Waals surface area contributed by atoms with Crippen molar-refractivity contribution in [2.24, 2.45) is 0 Å². The Morgan fingerprint density at radius 1 is 0.926 bits per heavy atom. The number of nitrogens with one attached hydrogen (secondary N) is 1. The first-order chi connectivity index (χ1) is 13.2. The van der Waals surface area contributed by atoms with Crippen LogP contribution in [0.1, 0.15) is 21.7 Å². The molecular formula is C20H18FN5S. The van der Waals surface area contributed by atoms with Crippen molar-refractivity contribution in [2.75, 3.05) is 5.32 Å². The molecule has 0 bridgehead atoms. The molecule has 0 saturated carbocycles. The average Bonchev–Trinajstić information content (AvgIpc) is 3.35. The fourth-order valence-electron chi connectivity index (χ4n) is 2.70. The van der Waals surface area contributed by atoms with E-state index in [9.17, 15) is 4.39 Å². The van der Waals surface area contributed by atoms with Crippen molar-refractivity contribution in [1.29, 1.82) is 0 Å². The van der Waals surface area contributed by atoms with Crippen LogP contribution in [0.2, 0.25) is 0 Å². The van der Waals surface area contributed by atoms with Gasteiger partial charge in [0, 0.05) is 31.9 Å². The number of rotatable bonds is 7. The summed E-state index contributed by atoms with van der Waals surface area (Å²) in [5.74, 6) is -0.227. The second kappa shape index (κ2) is 8.09. The van der Waals surface area contributed by atoms with Crippen LogP contribution in [0.4, 0.5) is 9.52 Å². The summed E-state index contributed by atoms with van der Waals surface area (Å²) >= 11 is 1.52. The molecular weight excluding hydrogens is 361 g/mol. The van der Waals surface area contributed by atoms with Gasteiger partial charge in [-0.2, -0.15) is 0 Å². The molecule has 2 aromatic heterocycles. The quantitative estimate of drug-likeness (QED) is 0.525. The Morgan fingerprint density at radius 3 is 2.41 bits per heavy atom. The zero-order chi connectivity index (χ0) is 18.5. The lowest BCUT2D eigenvalue weighted by Crippen LogP contribution is -2.00. The predicted molar refractivity (Wildman–Crippen MR) is 104 cm³/mol. The van der Waals surface area contributed by atoms with E-state index in [1.807, 2.05) is 17.1 Å². The minimum Gasteiger partial charge on any atom is -0.356 e. The average molecular weight is 379 g/mol. The Morgan fingerprint density at radius 2 is 1.67 bits per heavy atom. The second-order valence-electron chi connectivity index (χ2n) is 6.21. The summed E-state index contributed by atoms with van der Waals surface area (Å²) in [4.78, 5) is 4.06. The molecule has 0 aliphatic heterocycles. The van der Waals surface area contributed by atoms with Gasteiger partial charge in [0.15, 0.2) is 0 Å². The summed E-state index contributed by atoms with van der Waals surface area (Å²) in [6.07, 6.45) is 6.20. The van der Waals surface area contributed by atoms with E-state index in [0.717, 1.165) is 22.2 Å². The van der Waals surface area contributed by atoms with Gasteiger partial charge in [0.2, 0.25) is 5.13 Å². The third-order valence-corrected chi connectivity index (χ3v) is 5.01. The monoisotopic (exact) mass is 379 g/mol. The first kappa shape index (κ1) is 17.4. The molecule has 0 aliphatic rings. The van der Waals surface area contributed by atoms with Crippen molar-refractivity contribution in [2.45, 2.75) is 19.5 Å². The van der Waals surface area contributed by atoms with E-state index in [-0.39, 0.29) is 5.82 Å². The highest BCUT2D eigenvalue weighted by atomic mass is 32.1. The molecule has 0 atom stereocenters. The van der Waals surface area contributed by atoms with Gasteiger partial charge in [-0.25, -0.2) is 9.37 Å². The number of hydrogen-bond donors (Lipinski definition) is 1. The van der Waals surface area contributed by atoms with Gasteiger partial charge in [-0.3, -0.25) is 0 Å². The summed E-state index contributed by atoms with van der Waals surface area (Å²) in [5, 5.41) is 13.4. The number of aromatic nitrogens is 4. The van der Waals surface area contributed by atoms with Crippen LogP contribution in [0.3, 0.4) is 0 Å². The molecule has 136 valence electrons. The molecule has 0 fully saturated rings. The first-order valence-electron chi connectivity index (χ1n) is 8.59. The Balaban J connectivity index is 1.31. The topological polar surface area (TPSA) is 55.6 Å². The smallest absolute Gasteiger partial charge is 0.205 e. The van der Waals surface area contributed by atoms with Crippen molar-refractivity contribution in [1.82, 2.24) is 19.7 Å². The summed E-state index contributed by atoms with van der Waals surface area (Å²) in [7, 11) is 0. The van der Waals surface area contributed by atoms with Gasteiger partial charge in [-0.1, -0.05) is 47.7 Å². The van der Waals surface area contributed by atoms with Crippen molar-refractivity contribution >= 4 is 16.5 Å². The SMILES string of the molecule is Fc1ccc(Cc2nnc(NCc3ccc(Cn4ccnc4)cc3)s2)cc1. The molecule has 1 N–H and O–H groups in total. The van der Waals surface area contributed by atoms with Crippen LogP contribution in [0.5, 0.6) is 0 Å². The number of anilines is 1. The maximum atomic E-state index is 13.0. The minimum absolute atomic E-state index is 0.227. The van der Waals surface area contributed by atoms with Crippen LogP contribution < -0.4 is 5.32 Å². The lowest BCUT2D eigenvalue weighted by atomic mass is 10.1. The summed E-state index contributed by atoms with van der Waals surface area (Å²) in [6.45, 7) is 1.51.